The van der Waals surface area contributed by atoms with E-state index >= 15 is 0 Å². The molecule has 0 atom stereocenters. The third-order valence-electron chi connectivity index (χ3n) is 1.36. The quantitative estimate of drug-likeness (QED) is 0.661. The Labute approximate surface area is 64.2 Å². The highest BCUT2D eigenvalue weighted by Crippen LogP contribution is 2.04. The summed E-state index contributed by atoms with van der Waals surface area (Å²) in [5.41, 5.74) is 0. The first-order valence-corrected chi connectivity index (χ1v) is 3.64. The summed E-state index contributed by atoms with van der Waals surface area (Å²) in [6.07, 6.45) is 1.62. The number of rotatable bonds is 3. The molecule has 1 heterocycles. The van der Waals surface area contributed by atoms with Crippen LogP contribution in [0.4, 0.5) is 0 Å². The third kappa shape index (κ3) is 2.57. The van der Waals surface area contributed by atoms with Crippen molar-refractivity contribution in [1.82, 2.24) is 5.16 Å². The second-order valence-electron chi connectivity index (χ2n) is 2.86. The van der Waals surface area contributed by atoms with Crippen molar-refractivity contribution in [3.05, 3.63) is 16.5 Å². The molecule has 1 rings (SSSR count). The Bertz CT molecular complexity index is 261. The fraction of sp³-hybridized carbons (Fsp3) is 0.714. The van der Waals surface area contributed by atoms with E-state index in [0.29, 0.717) is 18.2 Å². The molecule has 4 heteroatoms. The van der Waals surface area contributed by atoms with Gasteiger partial charge in [-0.1, -0.05) is 13.8 Å². The van der Waals surface area contributed by atoms with Gasteiger partial charge in [-0.15, -0.1) is 0 Å². The van der Waals surface area contributed by atoms with Gasteiger partial charge in [0.2, 0.25) is 5.89 Å². The van der Waals surface area contributed by atoms with Crippen LogP contribution >= 0.6 is 0 Å². The minimum atomic E-state index is -0.719. The zero-order valence-electron chi connectivity index (χ0n) is 6.66. The van der Waals surface area contributed by atoms with Crippen molar-refractivity contribution in [3.63, 3.8) is 0 Å². The predicted octanol–water partition coefficient (Wildman–Crippen LogP) is 1.22. The van der Waals surface area contributed by atoms with E-state index in [1.165, 1.54) is 0 Å². The SMILES string of the molecule is CC(C)CCc1noc(=O)o1. The highest BCUT2D eigenvalue weighted by molar-refractivity contribution is 4.71. The Kier molecular flexibility index (Phi) is 2.46. The van der Waals surface area contributed by atoms with Crippen molar-refractivity contribution in [1.29, 1.82) is 0 Å². The van der Waals surface area contributed by atoms with Gasteiger partial charge in [-0.25, -0.2) is 4.79 Å². The topological polar surface area (TPSA) is 56.2 Å². The summed E-state index contributed by atoms with van der Waals surface area (Å²) >= 11 is 0. The van der Waals surface area contributed by atoms with Gasteiger partial charge in [0.05, 0.1) is 0 Å². The van der Waals surface area contributed by atoms with Crippen LogP contribution < -0.4 is 5.82 Å². The van der Waals surface area contributed by atoms with E-state index in [4.69, 9.17) is 0 Å². The number of hydrogen-bond donors (Lipinski definition) is 0. The Morgan fingerprint density at radius 3 is 2.73 bits per heavy atom. The maximum absolute atomic E-state index is 10.3. The summed E-state index contributed by atoms with van der Waals surface area (Å²) in [5, 5.41) is 3.43. The molecule has 0 aromatic carbocycles. The van der Waals surface area contributed by atoms with E-state index < -0.39 is 5.82 Å². The van der Waals surface area contributed by atoms with Gasteiger partial charge < -0.3 is 4.42 Å². The van der Waals surface area contributed by atoms with Crippen molar-refractivity contribution in [2.24, 2.45) is 5.92 Å². The minimum Gasteiger partial charge on any atom is -0.375 e. The minimum absolute atomic E-state index is 0.392. The van der Waals surface area contributed by atoms with Gasteiger partial charge in [0.1, 0.15) is 0 Å². The molecule has 1 aromatic heterocycles. The number of nitrogens with zero attached hydrogens (tertiary/aromatic N) is 1. The second kappa shape index (κ2) is 3.37. The summed E-state index contributed by atoms with van der Waals surface area (Å²) in [5.74, 6) is 0.254. The van der Waals surface area contributed by atoms with Gasteiger partial charge in [-0.3, -0.25) is 4.52 Å². The molecule has 0 aliphatic rings. The Morgan fingerprint density at radius 2 is 2.27 bits per heavy atom. The molecule has 0 spiro atoms. The predicted molar refractivity (Wildman–Crippen MR) is 38.2 cm³/mol. The second-order valence-corrected chi connectivity index (χ2v) is 2.86. The molecule has 0 saturated carbocycles. The normalized spacial score (nSPS) is 10.8. The summed E-state index contributed by atoms with van der Waals surface area (Å²) < 4.78 is 8.83. The molecule has 0 bridgehead atoms. The first-order valence-electron chi connectivity index (χ1n) is 3.64. The maximum Gasteiger partial charge on any atom is 0.542 e. The van der Waals surface area contributed by atoms with Crippen molar-refractivity contribution in [2.45, 2.75) is 26.7 Å². The zero-order valence-corrected chi connectivity index (χ0v) is 6.66. The molecule has 0 saturated heterocycles. The molecule has 62 valence electrons. The fourth-order valence-electron chi connectivity index (χ4n) is 0.730. The molecule has 0 fully saturated rings. The van der Waals surface area contributed by atoms with Crippen LogP contribution in [0, 0.1) is 5.92 Å². The van der Waals surface area contributed by atoms with Crippen molar-refractivity contribution in [2.75, 3.05) is 0 Å². The van der Waals surface area contributed by atoms with Crippen molar-refractivity contribution >= 4 is 0 Å². The molecule has 0 N–H and O–H groups in total. The highest BCUT2D eigenvalue weighted by Gasteiger charge is 2.03. The van der Waals surface area contributed by atoms with E-state index in [9.17, 15) is 4.79 Å². The van der Waals surface area contributed by atoms with Gasteiger partial charge in [0.25, 0.3) is 0 Å². The largest absolute Gasteiger partial charge is 0.542 e. The van der Waals surface area contributed by atoms with E-state index in [1.807, 2.05) is 0 Å². The van der Waals surface area contributed by atoms with Crippen LogP contribution in [0.1, 0.15) is 26.2 Å². The van der Waals surface area contributed by atoms with Crippen LogP contribution in [-0.4, -0.2) is 5.16 Å². The molecule has 0 radical (unpaired) electrons. The van der Waals surface area contributed by atoms with Gasteiger partial charge in [-0.2, -0.15) is 0 Å². The van der Waals surface area contributed by atoms with Gasteiger partial charge in [0.15, 0.2) is 0 Å². The Hall–Kier alpha value is -1.06. The average molecular weight is 157 g/mol. The summed E-state index contributed by atoms with van der Waals surface area (Å²) in [6.45, 7) is 4.19. The summed E-state index contributed by atoms with van der Waals surface area (Å²) in [6, 6.07) is 0. The third-order valence-corrected chi connectivity index (χ3v) is 1.36. The lowest BCUT2D eigenvalue weighted by atomic mass is 10.1. The molecule has 0 aliphatic heterocycles. The van der Waals surface area contributed by atoms with E-state index in [-0.39, 0.29) is 0 Å². The first kappa shape index (κ1) is 8.04. The summed E-state index contributed by atoms with van der Waals surface area (Å²) in [4.78, 5) is 10.3. The monoisotopic (exact) mass is 157 g/mol. The smallest absolute Gasteiger partial charge is 0.375 e. The number of aryl methyl sites for hydroxylation is 1. The van der Waals surface area contributed by atoms with E-state index in [1.54, 1.807) is 0 Å². The van der Waals surface area contributed by atoms with Crippen LogP contribution in [0.5, 0.6) is 0 Å². The van der Waals surface area contributed by atoms with Crippen LogP contribution in [0.2, 0.25) is 0 Å². The average Bonchev–Trinajstić information content (AvgIpc) is 2.31. The maximum atomic E-state index is 10.3. The molecular formula is C7H11NO3. The molecule has 1 aromatic rings. The molecular weight excluding hydrogens is 146 g/mol. The Balaban J connectivity index is 2.45. The summed E-state index contributed by atoms with van der Waals surface area (Å²) in [7, 11) is 0. The molecule has 4 nitrogen and oxygen atoms in total. The fourth-order valence-corrected chi connectivity index (χ4v) is 0.730. The van der Waals surface area contributed by atoms with Gasteiger partial charge in [0, 0.05) is 6.42 Å². The van der Waals surface area contributed by atoms with Crippen molar-refractivity contribution in [3.8, 4) is 0 Å². The van der Waals surface area contributed by atoms with Crippen LogP contribution in [-0.2, 0) is 6.42 Å². The van der Waals surface area contributed by atoms with Crippen molar-refractivity contribution < 1.29 is 8.94 Å². The lowest BCUT2D eigenvalue weighted by Gasteiger charge is -1.97. The lowest BCUT2D eigenvalue weighted by Crippen LogP contribution is -1.92. The lowest BCUT2D eigenvalue weighted by molar-refractivity contribution is 0.334. The highest BCUT2D eigenvalue weighted by atomic mass is 16.6. The number of hydrogen-bond acceptors (Lipinski definition) is 4. The molecule has 0 amide bonds. The zero-order chi connectivity index (χ0) is 8.27. The molecule has 11 heavy (non-hydrogen) atoms. The van der Waals surface area contributed by atoms with Gasteiger partial charge >= 0.3 is 5.82 Å². The van der Waals surface area contributed by atoms with E-state index in [0.717, 1.165) is 6.42 Å². The van der Waals surface area contributed by atoms with Gasteiger partial charge in [-0.05, 0) is 17.5 Å². The molecule has 0 aliphatic carbocycles. The standard InChI is InChI=1S/C7H11NO3/c1-5(2)3-4-6-8-11-7(9)10-6/h5H,3-4H2,1-2H3. The van der Waals surface area contributed by atoms with Crippen LogP contribution in [0.3, 0.4) is 0 Å². The number of aromatic nitrogens is 1. The van der Waals surface area contributed by atoms with Crippen LogP contribution in [0.25, 0.3) is 0 Å². The van der Waals surface area contributed by atoms with Crippen LogP contribution in [0.15, 0.2) is 13.7 Å². The molecule has 0 unspecified atom stereocenters. The van der Waals surface area contributed by atoms with E-state index in [2.05, 4.69) is 27.9 Å². The Morgan fingerprint density at radius 1 is 1.55 bits per heavy atom. The first-order chi connectivity index (χ1) is 5.18.